The molecule has 1 aromatic carbocycles. The third-order valence-corrected chi connectivity index (χ3v) is 5.13. The smallest absolute Gasteiger partial charge is 0.254 e. The van der Waals surface area contributed by atoms with E-state index in [0.29, 0.717) is 12.1 Å². The van der Waals surface area contributed by atoms with Gasteiger partial charge in [0, 0.05) is 35.4 Å². The molecule has 0 bridgehead atoms. The summed E-state index contributed by atoms with van der Waals surface area (Å²) in [4.78, 5) is 16.0. The maximum Gasteiger partial charge on any atom is 0.254 e. The van der Waals surface area contributed by atoms with E-state index in [1.54, 1.807) is 23.5 Å². The number of rotatable bonds is 2. The molecule has 5 heteroatoms. The van der Waals surface area contributed by atoms with Crippen LogP contribution in [-0.4, -0.2) is 21.9 Å². The summed E-state index contributed by atoms with van der Waals surface area (Å²) in [6.45, 7) is 1.41. The second-order valence-electron chi connectivity index (χ2n) is 5.55. The minimum atomic E-state index is -0.330. The van der Waals surface area contributed by atoms with Gasteiger partial charge >= 0.3 is 0 Å². The second-order valence-corrected chi connectivity index (χ2v) is 6.53. The topological polar surface area (TPSA) is 25.2 Å². The predicted octanol–water partition coefficient (Wildman–Crippen LogP) is 3.93. The van der Waals surface area contributed by atoms with E-state index in [1.807, 2.05) is 22.4 Å². The Bertz CT molecular complexity index is 823. The number of aromatic nitrogens is 1. The number of halogens is 1. The minimum Gasteiger partial charge on any atom is -0.347 e. The van der Waals surface area contributed by atoms with Gasteiger partial charge in [-0.25, -0.2) is 4.39 Å². The van der Waals surface area contributed by atoms with E-state index in [4.69, 9.17) is 0 Å². The van der Waals surface area contributed by atoms with Gasteiger partial charge in [0.2, 0.25) is 0 Å². The summed E-state index contributed by atoms with van der Waals surface area (Å²) in [6, 6.07) is 13.8. The molecule has 1 aliphatic rings. The van der Waals surface area contributed by atoms with Crippen molar-refractivity contribution in [3.8, 4) is 0 Å². The quantitative estimate of drug-likeness (QED) is 0.700. The van der Waals surface area contributed by atoms with Crippen LogP contribution in [0.3, 0.4) is 0 Å². The second kappa shape index (κ2) is 5.66. The van der Waals surface area contributed by atoms with Crippen molar-refractivity contribution in [2.45, 2.75) is 12.6 Å². The number of carbonyl (C=O) groups excluding carboxylic acids is 1. The average molecular weight is 326 g/mol. The zero-order valence-corrected chi connectivity index (χ0v) is 13.2. The van der Waals surface area contributed by atoms with Gasteiger partial charge in [0.25, 0.3) is 5.91 Å². The molecule has 2 aromatic heterocycles. The lowest BCUT2D eigenvalue weighted by Crippen LogP contribution is -2.42. The van der Waals surface area contributed by atoms with Gasteiger partial charge in [-0.1, -0.05) is 6.07 Å². The monoisotopic (exact) mass is 326 g/mol. The fourth-order valence-corrected chi connectivity index (χ4v) is 3.95. The van der Waals surface area contributed by atoms with E-state index in [9.17, 15) is 9.18 Å². The molecule has 3 heterocycles. The summed E-state index contributed by atoms with van der Waals surface area (Å²) >= 11 is 1.65. The number of benzene rings is 1. The molecule has 0 spiro atoms. The Morgan fingerprint density at radius 3 is 2.65 bits per heavy atom. The summed E-state index contributed by atoms with van der Waals surface area (Å²) in [5, 5.41) is 2.03. The van der Waals surface area contributed by atoms with Crippen molar-refractivity contribution in [1.29, 1.82) is 0 Å². The SMILES string of the molecule is O=C(c1ccc(F)cc1)N1CCn2cccc2C1c1cccs1. The summed E-state index contributed by atoms with van der Waals surface area (Å²) in [7, 11) is 0. The van der Waals surface area contributed by atoms with Gasteiger partial charge in [-0.15, -0.1) is 11.3 Å². The molecule has 116 valence electrons. The van der Waals surface area contributed by atoms with Crippen LogP contribution in [0.25, 0.3) is 0 Å². The maximum atomic E-state index is 13.1. The van der Waals surface area contributed by atoms with Crippen molar-refractivity contribution in [3.05, 3.63) is 82.1 Å². The Labute approximate surface area is 137 Å². The predicted molar refractivity (Wildman–Crippen MR) is 88.0 cm³/mol. The molecule has 4 rings (SSSR count). The van der Waals surface area contributed by atoms with Crippen molar-refractivity contribution in [2.24, 2.45) is 0 Å². The molecule has 0 saturated carbocycles. The Balaban J connectivity index is 1.75. The molecular formula is C18H15FN2OS. The van der Waals surface area contributed by atoms with E-state index in [1.165, 1.54) is 12.1 Å². The fraction of sp³-hybridized carbons (Fsp3) is 0.167. The first kappa shape index (κ1) is 14.2. The van der Waals surface area contributed by atoms with Crippen molar-refractivity contribution < 1.29 is 9.18 Å². The lowest BCUT2D eigenvalue weighted by Gasteiger charge is -2.36. The summed E-state index contributed by atoms with van der Waals surface area (Å²) in [5.74, 6) is -0.389. The molecule has 0 aliphatic carbocycles. The van der Waals surface area contributed by atoms with E-state index in [2.05, 4.69) is 22.9 Å². The van der Waals surface area contributed by atoms with Gasteiger partial charge in [0.05, 0.1) is 0 Å². The van der Waals surface area contributed by atoms with E-state index >= 15 is 0 Å². The van der Waals surface area contributed by atoms with Crippen molar-refractivity contribution in [2.75, 3.05) is 6.54 Å². The molecule has 3 aromatic rings. The van der Waals surface area contributed by atoms with Crippen LogP contribution in [0.4, 0.5) is 4.39 Å². The number of nitrogens with zero attached hydrogens (tertiary/aromatic N) is 2. The molecule has 0 radical (unpaired) electrons. The average Bonchev–Trinajstić information content (AvgIpc) is 3.25. The lowest BCUT2D eigenvalue weighted by molar-refractivity contribution is 0.0667. The molecule has 23 heavy (non-hydrogen) atoms. The largest absolute Gasteiger partial charge is 0.347 e. The number of amides is 1. The first-order chi connectivity index (χ1) is 11.2. The molecule has 1 aliphatic heterocycles. The molecular weight excluding hydrogens is 311 g/mol. The Hall–Kier alpha value is -2.40. The Morgan fingerprint density at radius 2 is 1.91 bits per heavy atom. The standard InChI is InChI=1S/C18H15FN2OS/c19-14-7-5-13(6-8-14)18(22)21-11-10-20-9-1-3-15(20)17(21)16-4-2-12-23-16/h1-9,12,17H,10-11H2. The van der Waals surface area contributed by atoms with Crippen LogP contribution < -0.4 is 0 Å². The summed E-state index contributed by atoms with van der Waals surface area (Å²) in [6.07, 6.45) is 2.05. The van der Waals surface area contributed by atoms with Gasteiger partial charge in [0.1, 0.15) is 11.9 Å². The van der Waals surface area contributed by atoms with Gasteiger partial charge < -0.3 is 9.47 Å². The Kier molecular flexibility index (Phi) is 3.50. The third kappa shape index (κ3) is 2.47. The Morgan fingerprint density at radius 1 is 1.09 bits per heavy atom. The molecule has 0 fully saturated rings. The molecule has 0 saturated heterocycles. The van der Waals surface area contributed by atoms with Crippen molar-refractivity contribution >= 4 is 17.2 Å². The highest BCUT2D eigenvalue weighted by Gasteiger charge is 2.33. The number of carbonyl (C=O) groups is 1. The van der Waals surface area contributed by atoms with Crippen LogP contribution in [0, 0.1) is 5.82 Å². The highest BCUT2D eigenvalue weighted by atomic mass is 32.1. The minimum absolute atomic E-state index is 0.0594. The first-order valence-corrected chi connectivity index (χ1v) is 8.37. The van der Waals surface area contributed by atoms with Crippen LogP contribution in [-0.2, 0) is 6.54 Å². The number of hydrogen-bond acceptors (Lipinski definition) is 2. The van der Waals surface area contributed by atoms with E-state index in [0.717, 1.165) is 17.1 Å². The van der Waals surface area contributed by atoms with Gasteiger partial charge in [-0.05, 0) is 47.8 Å². The van der Waals surface area contributed by atoms with Gasteiger partial charge in [-0.2, -0.15) is 0 Å². The van der Waals surface area contributed by atoms with Crippen LogP contribution in [0.1, 0.15) is 27.0 Å². The number of fused-ring (bicyclic) bond motifs is 1. The molecule has 1 amide bonds. The fourth-order valence-electron chi connectivity index (χ4n) is 3.11. The van der Waals surface area contributed by atoms with Crippen molar-refractivity contribution in [3.63, 3.8) is 0 Å². The maximum absolute atomic E-state index is 13.1. The van der Waals surface area contributed by atoms with E-state index in [-0.39, 0.29) is 17.8 Å². The molecule has 0 N–H and O–H groups in total. The normalized spacial score (nSPS) is 17.1. The van der Waals surface area contributed by atoms with Gasteiger partial charge in [-0.3, -0.25) is 4.79 Å². The van der Waals surface area contributed by atoms with E-state index < -0.39 is 0 Å². The summed E-state index contributed by atoms with van der Waals surface area (Å²) in [5.41, 5.74) is 1.64. The van der Waals surface area contributed by atoms with Gasteiger partial charge in [0.15, 0.2) is 0 Å². The van der Waals surface area contributed by atoms with Crippen LogP contribution in [0.5, 0.6) is 0 Å². The molecule has 1 unspecified atom stereocenters. The zero-order chi connectivity index (χ0) is 15.8. The number of thiophene rings is 1. The zero-order valence-electron chi connectivity index (χ0n) is 12.4. The van der Waals surface area contributed by atoms with Crippen LogP contribution in [0.15, 0.2) is 60.1 Å². The highest BCUT2D eigenvalue weighted by Crippen LogP contribution is 2.35. The van der Waals surface area contributed by atoms with Crippen LogP contribution in [0.2, 0.25) is 0 Å². The van der Waals surface area contributed by atoms with Crippen LogP contribution >= 0.6 is 11.3 Å². The lowest BCUT2D eigenvalue weighted by atomic mass is 10.1. The number of hydrogen-bond donors (Lipinski definition) is 0. The molecule has 3 nitrogen and oxygen atoms in total. The highest BCUT2D eigenvalue weighted by molar-refractivity contribution is 7.10. The molecule has 1 atom stereocenters. The summed E-state index contributed by atoms with van der Waals surface area (Å²) < 4.78 is 15.3. The first-order valence-electron chi connectivity index (χ1n) is 7.49. The third-order valence-electron chi connectivity index (χ3n) is 4.20. The van der Waals surface area contributed by atoms with Crippen molar-refractivity contribution in [1.82, 2.24) is 9.47 Å².